The number of halogens is 1. The van der Waals surface area contributed by atoms with Gasteiger partial charge in [0.25, 0.3) is 0 Å². The number of phenolic OH excluding ortho intramolecular Hbond substituents is 1. The largest absolute Gasteiger partial charge is 0.508 e. The fourth-order valence-electron chi connectivity index (χ4n) is 3.25. The van der Waals surface area contributed by atoms with Gasteiger partial charge in [-0.25, -0.2) is 0 Å². The highest BCUT2D eigenvalue weighted by atomic mass is 79.9. The van der Waals surface area contributed by atoms with Crippen molar-refractivity contribution in [1.29, 1.82) is 0 Å². The van der Waals surface area contributed by atoms with Crippen molar-refractivity contribution in [2.75, 3.05) is 17.3 Å². The van der Waals surface area contributed by atoms with Crippen molar-refractivity contribution in [3.05, 3.63) is 82.8 Å². The minimum atomic E-state index is -0.672. The molecule has 0 aromatic heterocycles. The van der Waals surface area contributed by atoms with E-state index in [4.69, 9.17) is 4.74 Å². The molecule has 1 aliphatic rings. The van der Waals surface area contributed by atoms with Gasteiger partial charge in [0.2, 0.25) is 11.8 Å². The van der Waals surface area contributed by atoms with Crippen LogP contribution in [-0.2, 0) is 9.59 Å². The molecule has 1 aliphatic heterocycles. The van der Waals surface area contributed by atoms with E-state index in [0.29, 0.717) is 16.5 Å². The minimum absolute atomic E-state index is 0.0324. The van der Waals surface area contributed by atoms with Crippen molar-refractivity contribution >= 4 is 62.3 Å². The number of nitrogens with zero attached hydrogens (tertiary/aromatic N) is 3. The number of carbonyl (C=O) groups is 2. The first-order valence-corrected chi connectivity index (χ1v) is 12.2. The Hall–Kier alpha value is -3.63. The number of amidine groups is 1. The number of benzene rings is 3. The van der Waals surface area contributed by atoms with Crippen LogP contribution < -0.4 is 15.0 Å². The summed E-state index contributed by atoms with van der Waals surface area (Å²) in [5.41, 5.74) is 1.97. The fourth-order valence-corrected chi connectivity index (χ4v) is 4.61. The fraction of sp³-hybridized carbons (Fsp3) is 0.120. The third-order valence-electron chi connectivity index (χ3n) is 5.01. The van der Waals surface area contributed by atoms with Crippen LogP contribution in [0.15, 0.2) is 87.5 Å². The first kappa shape index (κ1) is 24.5. The van der Waals surface area contributed by atoms with Gasteiger partial charge in [-0.3, -0.25) is 14.5 Å². The SMILES string of the molecule is COc1ccc(/C=N/N=C2/SC(CC(=O)Nc3ccc(Br)cc3)C(=O)N2c2ccc(O)cc2)cc1. The number of thioether (sulfide) groups is 1. The third kappa shape index (κ3) is 6.28. The number of phenols is 1. The zero-order valence-electron chi connectivity index (χ0n) is 18.6. The maximum absolute atomic E-state index is 13.2. The van der Waals surface area contributed by atoms with E-state index >= 15 is 0 Å². The number of anilines is 2. The second-order valence-electron chi connectivity index (χ2n) is 7.46. The van der Waals surface area contributed by atoms with Gasteiger partial charge in [-0.2, -0.15) is 5.10 Å². The van der Waals surface area contributed by atoms with Crippen LogP contribution in [-0.4, -0.2) is 40.7 Å². The predicted octanol–water partition coefficient (Wildman–Crippen LogP) is 5.03. The average Bonchev–Trinajstić information content (AvgIpc) is 3.16. The van der Waals surface area contributed by atoms with Crippen molar-refractivity contribution in [3.63, 3.8) is 0 Å². The summed E-state index contributed by atoms with van der Waals surface area (Å²) in [6.45, 7) is 0. The lowest BCUT2D eigenvalue weighted by atomic mass is 10.2. The molecule has 0 spiro atoms. The molecule has 1 fully saturated rings. The molecule has 4 rings (SSSR count). The molecule has 3 aromatic carbocycles. The van der Waals surface area contributed by atoms with Crippen LogP contribution in [0.4, 0.5) is 11.4 Å². The van der Waals surface area contributed by atoms with Gasteiger partial charge in [0, 0.05) is 16.6 Å². The van der Waals surface area contributed by atoms with Crippen molar-refractivity contribution in [2.24, 2.45) is 10.2 Å². The monoisotopic (exact) mass is 552 g/mol. The molecule has 1 unspecified atom stereocenters. The van der Waals surface area contributed by atoms with Crippen LogP contribution in [0, 0.1) is 0 Å². The molecule has 3 aromatic rings. The van der Waals surface area contributed by atoms with Gasteiger partial charge in [0.15, 0.2) is 5.17 Å². The molecule has 1 saturated heterocycles. The van der Waals surface area contributed by atoms with E-state index in [-0.39, 0.29) is 24.0 Å². The first-order valence-electron chi connectivity index (χ1n) is 10.5. The van der Waals surface area contributed by atoms with Crippen LogP contribution in [0.3, 0.4) is 0 Å². The summed E-state index contributed by atoms with van der Waals surface area (Å²) in [4.78, 5) is 27.3. The smallest absolute Gasteiger partial charge is 0.247 e. The standard InChI is InChI=1S/C25H21BrN4O4S/c1-34-21-12-2-16(3-13-21)15-27-29-25-30(19-8-10-20(31)11-9-19)24(33)22(35-25)14-23(32)28-18-6-4-17(26)5-7-18/h2-13,15,22,31H,14H2,1H3,(H,28,32)/b27-15+,29-25+. The first-order chi connectivity index (χ1) is 16.9. The topological polar surface area (TPSA) is 104 Å². The van der Waals surface area contributed by atoms with E-state index in [1.165, 1.54) is 28.8 Å². The second-order valence-corrected chi connectivity index (χ2v) is 9.54. The highest BCUT2D eigenvalue weighted by Crippen LogP contribution is 2.34. The highest BCUT2D eigenvalue weighted by molar-refractivity contribution is 9.10. The number of nitrogens with one attached hydrogen (secondary N) is 1. The van der Waals surface area contributed by atoms with Crippen molar-refractivity contribution < 1.29 is 19.4 Å². The molecular formula is C25H21BrN4O4S. The van der Waals surface area contributed by atoms with E-state index in [9.17, 15) is 14.7 Å². The van der Waals surface area contributed by atoms with Crippen molar-refractivity contribution in [2.45, 2.75) is 11.7 Å². The number of ether oxygens (including phenoxy) is 1. The molecule has 10 heteroatoms. The van der Waals surface area contributed by atoms with Gasteiger partial charge in [0.05, 0.1) is 19.0 Å². The Morgan fingerprint density at radius 1 is 1.11 bits per heavy atom. The Morgan fingerprint density at radius 3 is 2.46 bits per heavy atom. The number of hydrogen-bond acceptors (Lipinski definition) is 7. The van der Waals surface area contributed by atoms with Crippen molar-refractivity contribution in [3.8, 4) is 11.5 Å². The number of hydrogen-bond donors (Lipinski definition) is 2. The molecule has 2 N–H and O–H groups in total. The zero-order valence-corrected chi connectivity index (χ0v) is 21.0. The van der Waals surface area contributed by atoms with E-state index in [1.807, 2.05) is 36.4 Å². The number of aromatic hydroxyl groups is 1. The lowest BCUT2D eigenvalue weighted by molar-refractivity contribution is -0.121. The van der Waals surface area contributed by atoms with Gasteiger partial charge in [-0.1, -0.05) is 27.7 Å². The molecule has 0 aliphatic carbocycles. The molecule has 35 heavy (non-hydrogen) atoms. The molecule has 0 bridgehead atoms. The summed E-state index contributed by atoms with van der Waals surface area (Å²) in [6.07, 6.45) is 1.54. The van der Waals surface area contributed by atoms with Gasteiger partial charge in [-0.05, 0) is 78.4 Å². The molecular weight excluding hydrogens is 532 g/mol. The number of carbonyl (C=O) groups excluding carboxylic acids is 2. The quantitative estimate of drug-likeness (QED) is 0.316. The maximum atomic E-state index is 13.2. The second kappa shape index (κ2) is 11.2. The van der Waals surface area contributed by atoms with Crippen molar-refractivity contribution in [1.82, 2.24) is 0 Å². The average molecular weight is 553 g/mol. The Bertz CT molecular complexity index is 1260. The van der Waals surface area contributed by atoms with Crippen LogP contribution >= 0.6 is 27.7 Å². The van der Waals surface area contributed by atoms with Gasteiger partial charge in [0.1, 0.15) is 16.7 Å². The molecule has 1 heterocycles. The zero-order chi connectivity index (χ0) is 24.8. The summed E-state index contributed by atoms with van der Waals surface area (Å²) >= 11 is 4.53. The number of rotatable bonds is 7. The molecule has 8 nitrogen and oxygen atoms in total. The van der Waals surface area contributed by atoms with Gasteiger partial charge >= 0.3 is 0 Å². The van der Waals surface area contributed by atoms with Crippen LogP contribution in [0.1, 0.15) is 12.0 Å². The van der Waals surface area contributed by atoms with Gasteiger partial charge in [-0.15, -0.1) is 5.10 Å². The predicted molar refractivity (Wildman–Crippen MR) is 142 cm³/mol. The van der Waals surface area contributed by atoms with Crippen LogP contribution in [0.2, 0.25) is 0 Å². The summed E-state index contributed by atoms with van der Waals surface area (Å²) in [5.74, 6) is 0.236. The lowest BCUT2D eigenvalue weighted by Gasteiger charge is -2.16. The normalized spacial score (nSPS) is 16.7. The van der Waals surface area contributed by atoms with E-state index < -0.39 is 5.25 Å². The van der Waals surface area contributed by atoms with E-state index in [0.717, 1.165) is 15.8 Å². The Balaban J connectivity index is 1.53. The molecule has 178 valence electrons. The Labute approximate surface area is 214 Å². The molecule has 0 radical (unpaired) electrons. The van der Waals surface area contributed by atoms with E-state index in [1.54, 1.807) is 37.6 Å². The summed E-state index contributed by atoms with van der Waals surface area (Å²) in [5, 5.41) is 20.5. The molecule has 1 atom stereocenters. The van der Waals surface area contributed by atoms with Gasteiger partial charge < -0.3 is 15.2 Å². The Morgan fingerprint density at radius 2 is 1.80 bits per heavy atom. The highest BCUT2D eigenvalue weighted by Gasteiger charge is 2.40. The minimum Gasteiger partial charge on any atom is -0.508 e. The molecule has 0 saturated carbocycles. The molecule has 2 amide bonds. The third-order valence-corrected chi connectivity index (χ3v) is 6.66. The number of methoxy groups -OCH3 is 1. The Kier molecular flexibility index (Phi) is 7.84. The van der Waals surface area contributed by atoms with Crippen LogP contribution in [0.25, 0.3) is 0 Å². The van der Waals surface area contributed by atoms with E-state index in [2.05, 4.69) is 31.4 Å². The summed E-state index contributed by atoms with van der Waals surface area (Å²) in [6, 6.07) is 20.7. The van der Waals surface area contributed by atoms with Crippen LogP contribution in [0.5, 0.6) is 11.5 Å². The summed E-state index contributed by atoms with van der Waals surface area (Å²) < 4.78 is 6.05. The number of amides is 2. The maximum Gasteiger partial charge on any atom is 0.247 e. The summed E-state index contributed by atoms with van der Waals surface area (Å²) in [7, 11) is 1.59. The lowest BCUT2D eigenvalue weighted by Crippen LogP contribution is -2.33.